The van der Waals surface area contributed by atoms with E-state index < -0.39 is 0 Å². The first-order chi connectivity index (χ1) is 11.7. The van der Waals surface area contributed by atoms with Gasteiger partial charge in [-0.2, -0.15) is 0 Å². The van der Waals surface area contributed by atoms with E-state index in [0.717, 1.165) is 12.8 Å². The SMILES string of the molecule is N[C@@H]1CN(C(=O)CC2CC(c3ccccc3)C2)C[C@@H]1n1ccnn1. The molecule has 1 saturated heterocycles. The van der Waals surface area contributed by atoms with Gasteiger partial charge in [0.2, 0.25) is 5.91 Å². The fourth-order valence-corrected chi connectivity index (χ4v) is 3.97. The van der Waals surface area contributed by atoms with Gasteiger partial charge in [-0.3, -0.25) is 4.79 Å². The molecule has 1 saturated carbocycles. The van der Waals surface area contributed by atoms with Crippen molar-refractivity contribution in [2.24, 2.45) is 11.7 Å². The van der Waals surface area contributed by atoms with Crippen LogP contribution in [0.3, 0.4) is 0 Å². The van der Waals surface area contributed by atoms with Gasteiger partial charge < -0.3 is 10.6 Å². The number of nitrogens with two attached hydrogens (primary N) is 1. The normalized spacial score (nSPS) is 29.5. The number of likely N-dealkylation sites (tertiary alicyclic amines) is 1. The second-order valence-corrected chi connectivity index (χ2v) is 7.06. The lowest BCUT2D eigenvalue weighted by atomic mass is 9.70. The third-order valence-corrected chi connectivity index (χ3v) is 5.44. The number of carbonyl (C=O) groups is 1. The maximum atomic E-state index is 12.6. The minimum absolute atomic E-state index is 0.0370. The molecule has 1 aromatic heterocycles. The van der Waals surface area contributed by atoms with Gasteiger partial charge in [0.05, 0.1) is 12.2 Å². The largest absolute Gasteiger partial charge is 0.339 e. The summed E-state index contributed by atoms with van der Waals surface area (Å²) in [5, 5.41) is 7.86. The Labute approximate surface area is 141 Å². The van der Waals surface area contributed by atoms with Gasteiger partial charge in [-0.25, -0.2) is 4.68 Å². The molecule has 2 atom stereocenters. The Balaban J connectivity index is 1.29. The molecule has 126 valence electrons. The molecular weight excluding hydrogens is 302 g/mol. The maximum absolute atomic E-state index is 12.6. The molecule has 0 spiro atoms. The van der Waals surface area contributed by atoms with Crippen LogP contribution in [0.15, 0.2) is 42.7 Å². The van der Waals surface area contributed by atoms with E-state index in [-0.39, 0.29) is 18.0 Å². The molecule has 0 unspecified atom stereocenters. The topological polar surface area (TPSA) is 77.0 Å². The number of benzene rings is 1. The van der Waals surface area contributed by atoms with Crippen LogP contribution in [0, 0.1) is 5.92 Å². The highest BCUT2D eigenvalue weighted by atomic mass is 16.2. The van der Waals surface area contributed by atoms with E-state index in [9.17, 15) is 4.79 Å². The zero-order chi connectivity index (χ0) is 16.5. The lowest BCUT2D eigenvalue weighted by Crippen LogP contribution is -2.35. The van der Waals surface area contributed by atoms with Gasteiger partial charge in [-0.1, -0.05) is 35.5 Å². The third-order valence-electron chi connectivity index (χ3n) is 5.44. The molecule has 1 aliphatic heterocycles. The van der Waals surface area contributed by atoms with Crippen molar-refractivity contribution in [2.75, 3.05) is 13.1 Å². The molecule has 6 nitrogen and oxygen atoms in total. The summed E-state index contributed by atoms with van der Waals surface area (Å²) in [4.78, 5) is 14.5. The molecule has 4 rings (SSSR count). The zero-order valence-electron chi connectivity index (χ0n) is 13.7. The molecule has 1 amide bonds. The fraction of sp³-hybridized carbons (Fsp3) is 0.500. The second kappa shape index (κ2) is 6.36. The van der Waals surface area contributed by atoms with Crippen molar-refractivity contribution < 1.29 is 4.79 Å². The molecule has 1 aliphatic carbocycles. The quantitative estimate of drug-likeness (QED) is 0.926. The monoisotopic (exact) mass is 325 g/mol. The average molecular weight is 325 g/mol. The van der Waals surface area contributed by atoms with Crippen LogP contribution in [-0.2, 0) is 4.79 Å². The number of amides is 1. The number of aromatic nitrogens is 3. The van der Waals surface area contributed by atoms with Crippen LogP contribution in [0.1, 0.15) is 36.8 Å². The molecule has 6 heteroatoms. The average Bonchev–Trinajstić information content (AvgIpc) is 3.20. The smallest absolute Gasteiger partial charge is 0.222 e. The van der Waals surface area contributed by atoms with Crippen molar-refractivity contribution in [1.82, 2.24) is 19.9 Å². The Morgan fingerprint density at radius 3 is 2.71 bits per heavy atom. The molecule has 0 bridgehead atoms. The van der Waals surface area contributed by atoms with Crippen molar-refractivity contribution >= 4 is 5.91 Å². The van der Waals surface area contributed by atoms with Crippen molar-refractivity contribution in [2.45, 2.75) is 37.3 Å². The van der Waals surface area contributed by atoms with Crippen LogP contribution in [0.5, 0.6) is 0 Å². The zero-order valence-corrected chi connectivity index (χ0v) is 13.7. The van der Waals surface area contributed by atoms with Crippen LogP contribution in [0.4, 0.5) is 0 Å². The van der Waals surface area contributed by atoms with Crippen molar-refractivity contribution in [3.63, 3.8) is 0 Å². The molecule has 24 heavy (non-hydrogen) atoms. The number of carbonyl (C=O) groups excluding carboxylic acids is 1. The van der Waals surface area contributed by atoms with E-state index in [0.29, 0.717) is 31.3 Å². The molecule has 2 heterocycles. The van der Waals surface area contributed by atoms with Crippen LogP contribution < -0.4 is 5.73 Å². The molecule has 1 aromatic carbocycles. The van der Waals surface area contributed by atoms with E-state index in [1.54, 1.807) is 10.9 Å². The van der Waals surface area contributed by atoms with Crippen molar-refractivity contribution in [3.8, 4) is 0 Å². The number of rotatable bonds is 4. The van der Waals surface area contributed by atoms with E-state index >= 15 is 0 Å². The van der Waals surface area contributed by atoms with Crippen molar-refractivity contribution in [3.05, 3.63) is 48.3 Å². The lowest BCUT2D eigenvalue weighted by Gasteiger charge is -2.36. The molecular formula is C18H23N5O. The molecule has 2 aromatic rings. The summed E-state index contributed by atoms with van der Waals surface area (Å²) in [5.74, 6) is 1.35. The number of hydrogen-bond donors (Lipinski definition) is 1. The van der Waals surface area contributed by atoms with Gasteiger partial charge in [-0.15, -0.1) is 5.10 Å². The first-order valence-electron chi connectivity index (χ1n) is 8.65. The highest BCUT2D eigenvalue weighted by molar-refractivity contribution is 5.77. The summed E-state index contributed by atoms with van der Waals surface area (Å²) in [6, 6.07) is 10.6. The van der Waals surface area contributed by atoms with Gasteiger partial charge in [0.25, 0.3) is 0 Å². The Morgan fingerprint density at radius 2 is 2.00 bits per heavy atom. The standard InChI is InChI=1S/C18H23N5O/c19-16-11-22(12-17(16)23-7-6-20-21-23)18(24)10-13-8-15(9-13)14-4-2-1-3-5-14/h1-7,13,15-17H,8-12,19H2/t13?,15?,16-,17+/m1/s1. The maximum Gasteiger partial charge on any atom is 0.222 e. The van der Waals surface area contributed by atoms with Gasteiger partial charge in [-0.05, 0) is 30.2 Å². The summed E-state index contributed by atoms with van der Waals surface area (Å²) < 4.78 is 1.77. The Hall–Kier alpha value is -2.21. The highest BCUT2D eigenvalue weighted by Gasteiger charge is 2.37. The highest BCUT2D eigenvalue weighted by Crippen LogP contribution is 2.43. The van der Waals surface area contributed by atoms with Crippen LogP contribution in [-0.4, -0.2) is 44.9 Å². The van der Waals surface area contributed by atoms with Crippen molar-refractivity contribution in [1.29, 1.82) is 0 Å². The Kier molecular flexibility index (Phi) is 4.06. The van der Waals surface area contributed by atoms with Crippen LogP contribution in [0.25, 0.3) is 0 Å². The summed E-state index contributed by atoms with van der Waals surface area (Å²) in [7, 11) is 0. The number of nitrogens with zero attached hydrogens (tertiary/aromatic N) is 4. The Morgan fingerprint density at radius 1 is 1.21 bits per heavy atom. The van der Waals surface area contributed by atoms with Gasteiger partial charge in [0.1, 0.15) is 0 Å². The second-order valence-electron chi connectivity index (χ2n) is 7.06. The summed E-state index contributed by atoms with van der Waals surface area (Å²) in [6.45, 7) is 1.25. The first kappa shape index (κ1) is 15.3. The summed E-state index contributed by atoms with van der Waals surface area (Å²) in [6.07, 6.45) is 6.33. The molecule has 0 radical (unpaired) electrons. The van der Waals surface area contributed by atoms with E-state index in [1.165, 1.54) is 5.56 Å². The minimum atomic E-state index is -0.0749. The Bertz CT molecular complexity index is 681. The van der Waals surface area contributed by atoms with E-state index in [2.05, 4.69) is 34.6 Å². The van der Waals surface area contributed by atoms with Crippen LogP contribution >= 0.6 is 0 Å². The lowest BCUT2D eigenvalue weighted by molar-refractivity contribution is -0.132. The van der Waals surface area contributed by atoms with Gasteiger partial charge in [0, 0.05) is 31.7 Å². The van der Waals surface area contributed by atoms with E-state index in [4.69, 9.17) is 5.73 Å². The predicted octanol–water partition coefficient (Wildman–Crippen LogP) is 1.57. The summed E-state index contributed by atoms with van der Waals surface area (Å²) in [5.41, 5.74) is 7.59. The summed E-state index contributed by atoms with van der Waals surface area (Å²) >= 11 is 0. The third kappa shape index (κ3) is 2.94. The molecule has 2 aliphatic rings. The van der Waals surface area contributed by atoms with E-state index in [1.807, 2.05) is 17.2 Å². The van der Waals surface area contributed by atoms with Gasteiger partial charge >= 0.3 is 0 Å². The predicted molar refractivity (Wildman–Crippen MR) is 90.1 cm³/mol. The number of hydrogen-bond acceptors (Lipinski definition) is 4. The first-order valence-corrected chi connectivity index (χ1v) is 8.65. The van der Waals surface area contributed by atoms with Gasteiger partial charge in [0.15, 0.2) is 0 Å². The fourth-order valence-electron chi connectivity index (χ4n) is 3.97. The van der Waals surface area contributed by atoms with Crippen LogP contribution in [0.2, 0.25) is 0 Å². The minimum Gasteiger partial charge on any atom is -0.339 e. The molecule has 2 fully saturated rings. The molecule has 2 N–H and O–H groups in total.